The van der Waals surface area contributed by atoms with Gasteiger partial charge in [-0.05, 0) is 24.5 Å². The van der Waals surface area contributed by atoms with Gasteiger partial charge in [0.25, 0.3) is 0 Å². The molecule has 1 aliphatic rings. The van der Waals surface area contributed by atoms with E-state index in [0.29, 0.717) is 12.6 Å². The molecular formula is C15H24N2S. The predicted molar refractivity (Wildman–Crippen MR) is 81.1 cm³/mol. The van der Waals surface area contributed by atoms with Gasteiger partial charge in [0.15, 0.2) is 0 Å². The van der Waals surface area contributed by atoms with Gasteiger partial charge in [0.2, 0.25) is 0 Å². The standard InChI is InChI=1S/C15H24N2S/c1-3-13-11-17(8-9-18-13)15(10-16)14-7-5-4-6-12(14)2/h4-7,13,15H,3,8-11,16H2,1-2H3. The van der Waals surface area contributed by atoms with Gasteiger partial charge in [0.1, 0.15) is 0 Å². The highest BCUT2D eigenvalue weighted by molar-refractivity contribution is 8.00. The quantitative estimate of drug-likeness (QED) is 0.907. The number of hydrogen-bond donors (Lipinski definition) is 1. The van der Waals surface area contributed by atoms with E-state index >= 15 is 0 Å². The molecule has 1 aromatic rings. The van der Waals surface area contributed by atoms with E-state index in [2.05, 4.69) is 54.8 Å². The van der Waals surface area contributed by atoms with E-state index in [1.807, 2.05) is 0 Å². The summed E-state index contributed by atoms with van der Waals surface area (Å²) in [5.41, 5.74) is 8.81. The first-order valence-electron chi connectivity index (χ1n) is 6.87. The second-order valence-electron chi connectivity index (χ2n) is 5.00. The second-order valence-corrected chi connectivity index (χ2v) is 6.41. The van der Waals surface area contributed by atoms with E-state index in [9.17, 15) is 0 Å². The summed E-state index contributed by atoms with van der Waals surface area (Å²) in [5.74, 6) is 1.24. The lowest BCUT2D eigenvalue weighted by atomic mass is 9.99. The molecule has 2 nitrogen and oxygen atoms in total. The molecule has 1 aromatic carbocycles. The minimum absolute atomic E-state index is 0.390. The zero-order chi connectivity index (χ0) is 13.0. The van der Waals surface area contributed by atoms with Gasteiger partial charge in [-0.3, -0.25) is 4.90 Å². The summed E-state index contributed by atoms with van der Waals surface area (Å²) in [4.78, 5) is 2.58. The van der Waals surface area contributed by atoms with Crippen LogP contribution < -0.4 is 5.73 Å². The van der Waals surface area contributed by atoms with Crippen molar-refractivity contribution in [1.29, 1.82) is 0 Å². The smallest absolute Gasteiger partial charge is 0.0473 e. The second kappa shape index (κ2) is 6.60. The maximum atomic E-state index is 6.04. The minimum atomic E-state index is 0.390. The SMILES string of the molecule is CCC1CN(C(CN)c2ccccc2C)CCS1. The van der Waals surface area contributed by atoms with E-state index in [0.717, 1.165) is 11.8 Å². The topological polar surface area (TPSA) is 29.3 Å². The Morgan fingerprint density at radius 2 is 2.22 bits per heavy atom. The Hall–Kier alpha value is -0.510. The summed E-state index contributed by atoms with van der Waals surface area (Å²) in [6.45, 7) is 7.53. The normalized spacial score (nSPS) is 22.9. The molecule has 1 fully saturated rings. The largest absolute Gasteiger partial charge is 0.329 e. The molecule has 0 aliphatic carbocycles. The third-order valence-corrected chi connectivity index (χ3v) is 5.21. The summed E-state index contributed by atoms with van der Waals surface area (Å²) < 4.78 is 0. The molecule has 1 heterocycles. The van der Waals surface area contributed by atoms with Gasteiger partial charge in [-0.15, -0.1) is 0 Å². The lowest BCUT2D eigenvalue weighted by molar-refractivity contribution is 0.207. The number of rotatable bonds is 4. The number of nitrogens with zero attached hydrogens (tertiary/aromatic N) is 1. The van der Waals surface area contributed by atoms with Gasteiger partial charge in [-0.1, -0.05) is 31.2 Å². The molecule has 0 saturated carbocycles. The Labute approximate surface area is 115 Å². The van der Waals surface area contributed by atoms with Crippen molar-refractivity contribution < 1.29 is 0 Å². The third-order valence-electron chi connectivity index (χ3n) is 3.84. The molecule has 0 aromatic heterocycles. The van der Waals surface area contributed by atoms with Crippen LogP contribution in [0.15, 0.2) is 24.3 Å². The summed E-state index contributed by atoms with van der Waals surface area (Å²) in [6.07, 6.45) is 1.26. The van der Waals surface area contributed by atoms with Crippen molar-refractivity contribution in [3.8, 4) is 0 Å². The fourth-order valence-corrected chi connectivity index (χ4v) is 3.91. The Morgan fingerprint density at radius 1 is 1.44 bits per heavy atom. The molecule has 0 radical (unpaired) electrons. The maximum absolute atomic E-state index is 6.04. The molecule has 100 valence electrons. The molecular weight excluding hydrogens is 240 g/mol. The summed E-state index contributed by atoms with van der Waals surface area (Å²) >= 11 is 2.11. The van der Waals surface area contributed by atoms with Gasteiger partial charge >= 0.3 is 0 Å². The van der Waals surface area contributed by atoms with E-state index in [1.165, 1.54) is 29.8 Å². The molecule has 18 heavy (non-hydrogen) atoms. The summed E-state index contributed by atoms with van der Waals surface area (Å²) in [7, 11) is 0. The highest BCUT2D eigenvalue weighted by Crippen LogP contribution is 2.29. The highest BCUT2D eigenvalue weighted by Gasteiger charge is 2.26. The average Bonchev–Trinajstić information content (AvgIpc) is 2.42. The van der Waals surface area contributed by atoms with E-state index < -0.39 is 0 Å². The van der Waals surface area contributed by atoms with Crippen molar-refractivity contribution in [3.63, 3.8) is 0 Å². The molecule has 2 atom stereocenters. The van der Waals surface area contributed by atoms with Gasteiger partial charge in [-0.2, -0.15) is 11.8 Å². The average molecular weight is 264 g/mol. The monoisotopic (exact) mass is 264 g/mol. The van der Waals surface area contributed by atoms with Crippen molar-refractivity contribution in [1.82, 2.24) is 4.90 Å². The first-order valence-corrected chi connectivity index (χ1v) is 7.92. The summed E-state index contributed by atoms with van der Waals surface area (Å²) in [6, 6.07) is 9.04. The van der Waals surface area contributed by atoms with Crippen LogP contribution >= 0.6 is 11.8 Å². The van der Waals surface area contributed by atoms with Crippen LogP contribution in [0.2, 0.25) is 0 Å². The first-order chi connectivity index (χ1) is 8.76. The lowest BCUT2D eigenvalue weighted by Gasteiger charge is -2.38. The van der Waals surface area contributed by atoms with Crippen LogP contribution in [0.3, 0.4) is 0 Å². The number of thioether (sulfide) groups is 1. The maximum Gasteiger partial charge on any atom is 0.0473 e. The van der Waals surface area contributed by atoms with Crippen LogP contribution in [0.5, 0.6) is 0 Å². The van der Waals surface area contributed by atoms with E-state index in [1.54, 1.807) is 0 Å². The Bertz CT molecular complexity index is 381. The molecule has 2 rings (SSSR count). The first kappa shape index (κ1) is 13.9. The van der Waals surface area contributed by atoms with Crippen molar-refractivity contribution in [2.45, 2.75) is 31.6 Å². The Balaban J connectivity index is 2.15. The van der Waals surface area contributed by atoms with Crippen LogP contribution in [-0.4, -0.2) is 35.5 Å². The van der Waals surface area contributed by atoms with Crippen molar-refractivity contribution in [2.75, 3.05) is 25.4 Å². The number of aryl methyl sites for hydroxylation is 1. The fraction of sp³-hybridized carbons (Fsp3) is 0.600. The number of hydrogen-bond acceptors (Lipinski definition) is 3. The van der Waals surface area contributed by atoms with E-state index in [-0.39, 0.29) is 0 Å². The van der Waals surface area contributed by atoms with Crippen LogP contribution in [0, 0.1) is 6.92 Å². The molecule has 1 saturated heterocycles. The Morgan fingerprint density at radius 3 is 2.89 bits per heavy atom. The highest BCUT2D eigenvalue weighted by atomic mass is 32.2. The van der Waals surface area contributed by atoms with Gasteiger partial charge in [-0.25, -0.2) is 0 Å². The minimum Gasteiger partial charge on any atom is -0.329 e. The van der Waals surface area contributed by atoms with Crippen LogP contribution in [0.1, 0.15) is 30.5 Å². The third kappa shape index (κ3) is 3.08. The number of benzene rings is 1. The number of nitrogens with two attached hydrogens (primary N) is 1. The van der Waals surface area contributed by atoms with Crippen molar-refractivity contribution in [2.24, 2.45) is 5.73 Å². The van der Waals surface area contributed by atoms with Crippen molar-refractivity contribution in [3.05, 3.63) is 35.4 Å². The fourth-order valence-electron chi connectivity index (χ4n) is 2.71. The zero-order valence-electron chi connectivity index (χ0n) is 11.4. The van der Waals surface area contributed by atoms with Gasteiger partial charge in [0.05, 0.1) is 0 Å². The lowest BCUT2D eigenvalue weighted by Crippen LogP contribution is -2.42. The van der Waals surface area contributed by atoms with Crippen LogP contribution in [0.4, 0.5) is 0 Å². The van der Waals surface area contributed by atoms with Crippen LogP contribution in [0.25, 0.3) is 0 Å². The Kier molecular flexibility index (Phi) is 5.10. The van der Waals surface area contributed by atoms with Crippen molar-refractivity contribution >= 4 is 11.8 Å². The molecule has 2 N–H and O–H groups in total. The van der Waals surface area contributed by atoms with Crippen LogP contribution in [-0.2, 0) is 0 Å². The van der Waals surface area contributed by atoms with E-state index in [4.69, 9.17) is 5.73 Å². The molecule has 0 spiro atoms. The predicted octanol–water partition coefficient (Wildman–Crippen LogP) is 2.82. The summed E-state index contributed by atoms with van der Waals surface area (Å²) in [5, 5.41) is 0.775. The zero-order valence-corrected chi connectivity index (χ0v) is 12.2. The molecule has 0 bridgehead atoms. The van der Waals surface area contributed by atoms with Gasteiger partial charge < -0.3 is 5.73 Å². The molecule has 3 heteroatoms. The molecule has 0 amide bonds. The van der Waals surface area contributed by atoms with Gasteiger partial charge in [0, 0.05) is 36.7 Å². The molecule has 2 unspecified atom stereocenters. The molecule has 1 aliphatic heterocycles.